The number of pyridine rings is 1. The van der Waals surface area contributed by atoms with Crippen molar-refractivity contribution in [1.29, 1.82) is 0 Å². The van der Waals surface area contributed by atoms with Gasteiger partial charge in [-0.1, -0.05) is 164 Å². The van der Waals surface area contributed by atoms with Crippen LogP contribution in [-0.4, -0.2) is 19.3 Å². The first-order valence-electron chi connectivity index (χ1n) is 22.2. The number of nitrogens with zero attached hydrogens (tertiary/aromatic N) is 5. The molecular weight excluding hydrogens is 966 g/mol. The summed E-state index contributed by atoms with van der Waals surface area (Å²) in [7, 11) is 0. The van der Waals surface area contributed by atoms with Crippen LogP contribution in [0.25, 0.3) is 50.4 Å². The number of benzene rings is 5. The molecule has 0 aliphatic heterocycles. The Hall–Kier alpha value is -5.32. The minimum Gasteiger partial charge on any atom is -0.510 e. The number of fused-ring (bicyclic) bond motifs is 3. The summed E-state index contributed by atoms with van der Waals surface area (Å²) in [4.78, 5) is 4.85. The van der Waals surface area contributed by atoms with Crippen LogP contribution in [0.4, 0.5) is 0 Å². The summed E-state index contributed by atoms with van der Waals surface area (Å²) in [6.07, 6.45) is 5.57. The van der Waals surface area contributed by atoms with Crippen molar-refractivity contribution in [3.63, 3.8) is 0 Å². The van der Waals surface area contributed by atoms with Gasteiger partial charge in [0.1, 0.15) is 5.82 Å². The summed E-state index contributed by atoms with van der Waals surface area (Å²) in [5.41, 5.74) is 10.7. The molecule has 64 heavy (non-hydrogen) atoms. The van der Waals surface area contributed by atoms with Crippen LogP contribution in [0.15, 0.2) is 109 Å². The quantitative estimate of drug-likeness (QED) is 0.123. The SMILES string of the molecule is CC(C)(C)c1cc(-c2nn(-c3[c-]c(Oc4[c-]c5c(cc4)c4ccccc4n5-c4cc(C(C)(C)C)ccn4)ccc3)[c-][n+]2-c2cc(C(C)(C)C)cc(C(C)(C)C)c2)cc(C(C)(C)C)c1.[Pt]. The Labute approximate surface area is 396 Å². The second-order valence-electron chi connectivity index (χ2n) is 22.3. The van der Waals surface area contributed by atoms with Crippen LogP contribution < -0.4 is 9.30 Å². The van der Waals surface area contributed by atoms with E-state index in [0.29, 0.717) is 17.2 Å². The number of ether oxygens (including phenoxy) is 1. The summed E-state index contributed by atoms with van der Waals surface area (Å²) in [6, 6.07) is 43.8. The first-order valence-corrected chi connectivity index (χ1v) is 22.2. The molecule has 3 aromatic heterocycles. The molecule has 0 unspecified atom stereocenters. The Morgan fingerprint density at radius 1 is 0.531 bits per heavy atom. The minimum absolute atomic E-state index is 0. The monoisotopic (exact) mass is 1030 g/mol. The predicted octanol–water partition coefficient (Wildman–Crippen LogP) is 14.0. The van der Waals surface area contributed by atoms with Gasteiger partial charge in [-0.2, -0.15) is 22.9 Å². The van der Waals surface area contributed by atoms with Crippen LogP contribution in [0, 0.1) is 18.5 Å². The van der Waals surface area contributed by atoms with E-state index in [9.17, 15) is 0 Å². The van der Waals surface area contributed by atoms with Gasteiger partial charge in [-0.25, -0.2) is 4.98 Å². The first kappa shape index (κ1) is 46.7. The first-order chi connectivity index (χ1) is 29.3. The maximum atomic E-state index is 6.63. The van der Waals surface area contributed by atoms with Crippen molar-refractivity contribution >= 4 is 21.8 Å². The number of hydrogen-bond acceptors (Lipinski definition) is 3. The smallest absolute Gasteiger partial charge is 0.231 e. The van der Waals surface area contributed by atoms with E-state index in [1.165, 1.54) is 27.8 Å². The molecule has 0 aliphatic rings. The molecular formula is C57H63N5OPt-2. The van der Waals surface area contributed by atoms with Gasteiger partial charge in [0.15, 0.2) is 0 Å². The van der Waals surface area contributed by atoms with E-state index in [-0.39, 0.29) is 48.1 Å². The summed E-state index contributed by atoms with van der Waals surface area (Å²) in [6.45, 7) is 34.0. The summed E-state index contributed by atoms with van der Waals surface area (Å²) in [5.74, 6) is 2.77. The molecule has 0 radical (unpaired) electrons. The third-order valence-corrected chi connectivity index (χ3v) is 12.0. The third kappa shape index (κ3) is 9.41. The van der Waals surface area contributed by atoms with E-state index in [1.807, 2.05) is 35.1 Å². The van der Waals surface area contributed by atoms with E-state index < -0.39 is 0 Å². The average Bonchev–Trinajstić information content (AvgIpc) is 3.79. The van der Waals surface area contributed by atoms with Gasteiger partial charge in [0.05, 0.1) is 0 Å². The third-order valence-electron chi connectivity index (χ3n) is 12.0. The summed E-state index contributed by atoms with van der Waals surface area (Å²) < 4.78 is 12.7. The van der Waals surface area contributed by atoms with Crippen molar-refractivity contribution in [3.8, 4) is 40.1 Å². The molecule has 0 spiro atoms. The molecule has 0 amide bonds. The number of hydrogen-bond donors (Lipinski definition) is 0. The minimum atomic E-state index is -0.0703. The van der Waals surface area contributed by atoms with Crippen LogP contribution in [-0.2, 0) is 48.1 Å². The Kier molecular flexibility index (Phi) is 12.1. The Balaban J connectivity index is 0.00000612. The number of rotatable bonds is 6. The zero-order valence-electron chi connectivity index (χ0n) is 40.4. The molecule has 0 saturated heterocycles. The molecule has 334 valence electrons. The van der Waals surface area contributed by atoms with Crippen LogP contribution in [0.2, 0.25) is 0 Å². The van der Waals surface area contributed by atoms with E-state index in [1.54, 1.807) is 0 Å². The van der Waals surface area contributed by atoms with E-state index in [0.717, 1.165) is 44.7 Å². The van der Waals surface area contributed by atoms with Crippen molar-refractivity contribution in [2.75, 3.05) is 0 Å². The zero-order chi connectivity index (χ0) is 45.4. The average molecular weight is 1030 g/mol. The van der Waals surface area contributed by atoms with Crippen LogP contribution >= 0.6 is 0 Å². The fourth-order valence-electron chi connectivity index (χ4n) is 7.92. The Morgan fingerprint density at radius 3 is 1.69 bits per heavy atom. The molecule has 0 N–H and O–H groups in total. The van der Waals surface area contributed by atoms with Gasteiger partial charge in [-0.05, 0) is 89.3 Å². The molecule has 0 fully saturated rings. The molecule has 0 bridgehead atoms. The van der Waals surface area contributed by atoms with Gasteiger partial charge in [0, 0.05) is 55.5 Å². The second-order valence-corrected chi connectivity index (χ2v) is 22.3. The van der Waals surface area contributed by atoms with Gasteiger partial charge in [-0.3, -0.25) is 0 Å². The van der Waals surface area contributed by atoms with Crippen LogP contribution in [0.3, 0.4) is 0 Å². The van der Waals surface area contributed by atoms with Gasteiger partial charge >= 0.3 is 0 Å². The maximum Gasteiger partial charge on any atom is 0.231 e. The molecule has 0 atom stereocenters. The van der Waals surface area contributed by atoms with Crippen molar-refractivity contribution in [2.24, 2.45) is 0 Å². The normalized spacial score (nSPS) is 12.8. The molecule has 0 saturated carbocycles. The van der Waals surface area contributed by atoms with Crippen LogP contribution in [0.1, 0.15) is 132 Å². The molecule has 7 heteroatoms. The fraction of sp³-hybridized carbons (Fsp3) is 0.351. The van der Waals surface area contributed by atoms with Crippen molar-refractivity contribution in [1.82, 2.24) is 19.3 Å². The summed E-state index contributed by atoms with van der Waals surface area (Å²) in [5, 5.41) is 7.57. The molecule has 8 rings (SSSR count). The fourth-order valence-corrected chi connectivity index (χ4v) is 7.92. The van der Waals surface area contributed by atoms with Crippen molar-refractivity contribution < 1.29 is 30.4 Å². The molecule has 8 aromatic rings. The second kappa shape index (κ2) is 16.6. The van der Waals surface area contributed by atoms with Crippen molar-refractivity contribution in [2.45, 2.75) is 131 Å². The van der Waals surface area contributed by atoms with E-state index >= 15 is 0 Å². The van der Waals surface area contributed by atoms with E-state index in [4.69, 9.17) is 14.8 Å². The standard InChI is InChI=1S/C57H63N5O.Pt/c1-53(2,3)38-25-26-58-51(33-38)62-49-22-17-16-21-47(49)48-24-23-46(35-50(48)62)63-45-20-18-19-43(34-45)61-36-60(44-31-41(56(10,11)12)30-42(32-44)57(13,14)15)52(59-61)37-27-39(54(4,5)6)29-40(28-37)55(7,8)9;/h16-33H,1-15H3;/q-2;. The van der Waals surface area contributed by atoms with Crippen molar-refractivity contribution in [3.05, 3.63) is 156 Å². The number of para-hydroxylation sites is 1. The van der Waals surface area contributed by atoms with Gasteiger partial charge in [0.25, 0.3) is 0 Å². The Morgan fingerprint density at radius 2 is 1.09 bits per heavy atom. The Bertz CT molecular complexity index is 2850. The predicted molar refractivity (Wildman–Crippen MR) is 259 cm³/mol. The topological polar surface area (TPSA) is 48.8 Å². The molecule has 6 nitrogen and oxygen atoms in total. The van der Waals surface area contributed by atoms with Gasteiger partial charge in [0.2, 0.25) is 12.2 Å². The largest absolute Gasteiger partial charge is 0.510 e. The van der Waals surface area contributed by atoms with Gasteiger partial charge in [-0.15, -0.1) is 29.7 Å². The summed E-state index contributed by atoms with van der Waals surface area (Å²) >= 11 is 0. The number of aromatic nitrogens is 5. The molecule has 5 aromatic carbocycles. The van der Waals surface area contributed by atoms with Crippen LogP contribution in [0.5, 0.6) is 11.5 Å². The maximum absolute atomic E-state index is 6.63. The molecule has 0 aliphatic carbocycles. The van der Waals surface area contributed by atoms with E-state index in [2.05, 4.69) is 210 Å². The van der Waals surface area contributed by atoms with Gasteiger partial charge < -0.3 is 13.9 Å². The zero-order valence-corrected chi connectivity index (χ0v) is 42.6. The molecule has 3 heterocycles.